The molecule has 1 atom stereocenters. The molecule has 7 heteroatoms. The summed E-state index contributed by atoms with van der Waals surface area (Å²) in [5.41, 5.74) is 3.85. The van der Waals surface area contributed by atoms with Gasteiger partial charge >= 0.3 is 0 Å². The smallest absolute Gasteiger partial charge is 0.176 e. The summed E-state index contributed by atoms with van der Waals surface area (Å²) < 4.78 is 14.4. The highest BCUT2D eigenvalue weighted by Gasteiger charge is 2.20. The van der Waals surface area contributed by atoms with Crippen LogP contribution in [0.2, 0.25) is 0 Å². The molecule has 2 heterocycles. The summed E-state index contributed by atoms with van der Waals surface area (Å²) in [7, 11) is 0. The average Bonchev–Trinajstić information content (AvgIpc) is 3.16. The van der Waals surface area contributed by atoms with Crippen LogP contribution in [0.15, 0.2) is 35.4 Å². The summed E-state index contributed by atoms with van der Waals surface area (Å²) in [6.45, 7) is 12.7. The van der Waals surface area contributed by atoms with Gasteiger partial charge in [-0.15, -0.1) is 0 Å². The third-order valence-corrected chi connectivity index (χ3v) is 6.22. The summed E-state index contributed by atoms with van der Waals surface area (Å²) in [5, 5.41) is 8.00. The van der Waals surface area contributed by atoms with Gasteiger partial charge in [0, 0.05) is 24.7 Å². The Morgan fingerprint density at radius 2 is 1.87 bits per heavy atom. The number of anilines is 3. The lowest BCUT2D eigenvalue weighted by Gasteiger charge is -2.27. The summed E-state index contributed by atoms with van der Waals surface area (Å²) >= 11 is -1.11. The van der Waals surface area contributed by atoms with Crippen LogP contribution >= 0.6 is 0 Å². The minimum absolute atomic E-state index is 0.382. The average molecular weight is 428 g/mol. The molecule has 3 aromatic rings. The lowest BCUT2D eigenvalue weighted by molar-refractivity contribution is 0.601. The second-order valence-electron chi connectivity index (χ2n) is 7.99. The first-order valence-corrected chi connectivity index (χ1v) is 12.3. The Balaban J connectivity index is 2.10. The second kappa shape index (κ2) is 9.71. The number of hydrogen-bond donors (Lipinski definition) is 1. The lowest BCUT2D eigenvalue weighted by Crippen LogP contribution is -2.28. The molecule has 162 valence electrons. The normalized spacial score (nSPS) is 12.5. The zero-order valence-electron chi connectivity index (χ0n) is 18.9. The molecule has 2 aromatic heterocycles. The van der Waals surface area contributed by atoms with Crippen molar-refractivity contribution in [3.63, 3.8) is 0 Å². The molecule has 6 nitrogen and oxygen atoms in total. The van der Waals surface area contributed by atoms with Crippen LogP contribution in [-0.2, 0) is 11.2 Å². The molecular formula is C23H33N5OS. The number of nitrogens with one attached hydrogen (secondary N) is 1. The number of aromatic nitrogens is 3. The molecule has 1 aromatic carbocycles. The standard InChI is InChI=1S/C23H33N5OS/c1-7-13-27(14-8-2)23-17(5)22(26-21-11-12-24-28(21)23)25-19-10-9-18(16(3)4)15-20(19)30(6)29/h9-12,15-16H,7-8,13-14H2,1-6H3,(H,25,26). The highest BCUT2D eigenvalue weighted by Crippen LogP contribution is 2.32. The molecule has 0 spiro atoms. The summed E-state index contributed by atoms with van der Waals surface area (Å²) in [5.74, 6) is 2.22. The molecule has 30 heavy (non-hydrogen) atoms. The van der Waals surface area contributed by atoms with Crippen molar-refractivity contribution in [1.29, 1.82) is 0 Å². The highest BCUT2D eigenvalue weighted by atomic mass is 32.2. The minimum atomic E-state index is -1.11. The van der Waals surface area contributed by atoms with E-state index < -0.39 is 11.2 Å². The Morgan fingerprint density at radius 3 is 2.47 bits per heavy atom. The van der Waals surface area contributed by atoms with E-state index in [-0.39, 0.29) is 0 Å². The Labute approximate surface area is 182 Å². The van der Waals surface area contributed by atoms with Crippen LogP contribution in [-0.4, -0.2) is 38.5 Å². The quantitative estimate of drug-likeness (QED) is 0.471. The zero-order valence-corrected chi connectivity index (χ0v) is 19.7. The highest BCUT2D eigenvalue weighted by molar-refractivity contribution is 7.90. The van der Waals surface area contributed by atoms with Crippen molar-refractivity contribution in [2.75, 3.05) is 29.6 Å². The monoisotopic (exact) mass is 427 g/mol. The number of hydrogen-bond acceptors (Lipinski definition) is 5. The topological polar surface area (TPSA) is 68.5 Å². The van der Waals surface area contributed by atoms with Crippen LogP contribution in [0.3, 0.4) is 0 Å². The fraction of sp³-hybridized carbons (Fsp3) is 0.478. The molecule has 1 unspecified atom stereocenters. The van der Waals surface area contributed by atoms with Crippen LogP contribution in [0.5, 0.6) is 0 Å². The maximum Gasteiger partial charge on any atom is 0.176 e. The molecule has 0 aliphatic heterocycles. The van der Waals surface area contributed by atoms with Crippen LogP contribution in [0, 0.1) is 6.92 Å². The van der Waals surface area contributed by atoms with E-state index in [9.17, 15) is 4.55 Å². The van der Waals surface area contributed by atoms with Crippen LogP contribution in [0.25, 0.3) is 5.65 Å². The van der Waals surface area contributed by atoms with Crippen molar-refractivity contribution in [3.05, 3.63) is 41.6 Å². The van der Waals surface area contributed by atoms with Crippen molar-refractivity contribution in [2.24, 2.45) is 0 Å². The Bertz CT molecular complexity index is 993. The van der Waals surface area contributed by atoms with E-state index in [0.29, 0.717) is 5.92 Å². The van der Waals surface area contributed by atoms with Gasteiger partial charge in [0.2, 0.25) is 0 Å². The molecule has 0 saturated carbocycles. The molecule has 1 N–H and O–H groups in total. The third-order valence-electron chi connectivity index (χ3n) is 5.26. The van der Waals surface area contributed by atoms with Gasteiger partial charge in [0.15, 0.2) is 10.5 Å². The Morgan fingerprint density at radius 1 is 1.17 bits per heavy atom. The van der Waals surface area contributed by atoms with E-state index in [2.05, 4.69) is 56.0 Å². The maximum absolute atomic E-state index is 12.5. The maximum atomic E-state index is 12.5. The molecule has 0 bridgehead atoms. The zero-order chi connectivity index (χ0) is 21.8. The Hall–Kier alpha value is -2.25. The molecule has 0 aliphatic carbocycles. The van der Waals surface area contributed by atoms with E-state index in [1.807, 2.05) is 22.7 Å². The summed E-state index contributed by atoms with van der Waals surface area (Å²) in [6, 6.07) is 8.07. The lowest BCUT2D eigenvalue weighted by atomic mass is 10.0. The van der Waals surface area contributed by atoms with Gasteiger partial charge in [-0.2, -0.15) is 9.61 Å². The van der Waals surface area contributed by atoms with E-state index in [1.54, 1.807) is 12.5 Å². The van der Waals surface area contributed by atoms with E-state index in [1.165, 1.54) is 5.56 Å². The Kier molecular flexibility index (Phi) is 7.26. The fourth-order valence-electron chi connectivity index (χ4n) is 3.73. The van der Waals surface area contributed by atoms with Gasteiger partial charge in [0.05, 0.1) is 11.9 Å². The third kappa shape index (κ3) is 4.57. The molecule has 0 radical (unpaired) electrons. The predicted octanol–water partition coefficient (Wildman–Crippen LogP) is 5.27. The van der Waals surface area contributed by atoms with Gasteiger partial charge in [-0.1, -0.05) is 33.8 Å². The van der Waals surface area contributed by atoms with Gasteiger partial charge in [-0.3, -0.25) is 0 Å². The van der Waals surface area contributed by atoms with Crippen LogP contribution < -0.4 is 10.2 Å². The first-order valence-electron chi connectivity index (χ1n) is 10.7. The second-order valence-corrected chi connectivity index (χ2v) is 9.33. The minimum Gasteiger partial charge on any atom is -0.612 e. The van der Waals surface area contributed by atoms with E-state index in [0.717, 1.165) is 59.4 Å². The first-order chi connectivity index (χ1) is 14.4. The summed E-state index contributed by atoms with van der Waals surface area (Å²) in [4.78, 5) is 8.00. The summed E-state index contributed by atoms with van der Waals surface area (Å²) in [6.07, 6.45) is 5.63. The molecule has 0 aliphatic rings. The van der Waals surface area contributed by atoms with E-state index in [4.69, 9.17) is 4.98 Å². The molecule has 0 fully saturated rings. The first kappa shape index (κ1) is 22.4. The van der Waals surface area contributed by atoms with Gasteiger partial charge < -0.3 is 14.8 Å². The van der Waals surface area contributed by atoms with Gasteiger partial charge in [0.1, 0.15) is 17.9 Å². The van der Waals surface area contributed by atoms with E-state index >= 15 is 0 Å². The molecule has 3 rings (SSSR count). The molecular weight excluding hydrogens is 394 g/mol. The molecule has 0 saturated heterocycles. The largest absolute Gasteiger partial charge is 0.612 e. The van der Waals surface area contributed by atoms with Gasteiger partial charge in [-0.05, 0) is 54.6 Å². The van der Waals surface area contributed by atoms with Crippen molar-refractivity contribution >= 4 is 34.1 Å². The number of nitrogens with zero attached hydrogens (tertiary/aromatic N) is 4. The van der Waals surface area contributed by atoms with Crippen molar-refractivity contribution < 1.29 is 4.55 Å². The number of rotatable bonds is 9. The number of benzene rings is 1. The van der Waals surface area contributed by atoms with Crippen molar-refractivity contribution in [1.82, 2.24) is 14.6 Å². The molecule has 0 amide bonds. The van der Waals surface area contributed by atoms with Gasteiger partial charge in [-0.25, -0.2) is 4.98 Å². The van der Waals surface area contributed by atoms with Gasteiger partial charge in [0.25, 0.3) is 0 Å². The van der Waals surface area contributed by atoms with Crippen LogP contribution in [0.4, 0.5) is 17.3 Å². The number of fused-ring (bicyclic) bond motifs is 1. The van der Waals surface area contributed by atoms with Crippen molar-refractivity contribution in [2.45, 2.75) is 58.3 Å². The predicted molar refractivity (Wildman–Crippen MR) is 127 cm³/mol. The fourth-order valence-corrected chi connectivity index (χ4v) is 4.46. The SMILES string of the molecule is CCCN(CCC)c1c(C)c(Nc2ccc(C(C)C)cc2[S+](C)[O-])nc2ccnn12. The van der Waals surface area contributed by atoms with Crippen LogP contribution in [0.1, 0.15) is 57.6 Å². The van der Waals surface area contributed by atoms with Crippen molar-refractivity contribution in [3.8, 4) is 0 Å².